The Morgan fingerprint density at radius 2 is 2.25 bits per heavy atom. The minimum absolute atomic E-state index is 0.265. The Labute approximate surface area is 115 Å². The van der Waals surface area contributed by atoms with E-state index in [1.54, 1.807) is 19.1 Å². The summed E-state index contributed by atoms with van der Waals surface area (Å²) in [6.45, 7) is 2.68. The molecule has 1 unspecified atom stereocenters. The van der Waals surface area contributed by atoms with Crippen LogP contribution in [0.2, 0.25) is 0 Å². The van der Waals surface area contributed by atoms with Gasteiger partial charge in [0.25, 0.3) is 0 Å². The van der Waals surface area contributed by atoms with Crippen molar-refractivity contribution < 1.29 is 14.3 Å². The average molecular weight is 275 g/mol. The van der Waals surface area contributed by atoms with Crippen molar-refractivity contribution in [3.05, 3.63) is 30.3 Å². The third-order valence-corrected chi connectivity index (χ3v) is 3.88. The molecular formula is C14H14FN3O2. The van der Waals surface area contributed by atoms with Crippen molar-refractivity contribution in [1.82, 2.24) is 9.97 Å². The summed E-state index contributed by atoms with van der Waals surface area (Å²) in [4.78, 5) is 21.4. The van der Waals surface area contributed by atoms with E-state index in [9.17, 15) is 14.3 Å². The van der Waals surface area contributed by atoms with Crippen LogP contribution in [-0.4, -0.2) is 34.1 Å². The molecule has 0 radical (unpaired) electrons. The number of rotatable bonds is 2. The summed E-state index contributed by atoms with van der Waals surface area (Å²) in [6.07, 6.45) is 1.86. The number of anilines is 1. The van der Waals surface area contributed by atoms with E-state index in [4.69, 9.17) is 0 Å². The molecule has 104 valence electrons. The van der Waals surface area contributed by atoms with E-state index in [0.29, 0.717) is 30.7 Å². The quantitative estimate of drug-likeness (QED) is 0.908. The molecule has 0 amide bonds. The maximum atomic E-state index is 13.7. The number of halogens is 1. The number of nitrogens with zero attached hydrogens (tertiary/aromatic N) is 3. The predicted octanol–water partition coefficient (Wildman–Crippen LogP) is 2.07. The Balaban J connectivity index is 2.04. The number of carboxylic acid groups (broad SMARTS) is 1. The lowest BCUT2D eigenvalue weighted by atomic mass is 9.90. The molecule has 1 atom stereocenters. The Hall–Kier alpha value is -2.24. The monoisotopic (exact) mass is 275 g/mol. The van der Waals surface area contributed by atoms with Gasteiger partial charge in [-0.25, -0.2) is 14.4 Å². The fraction of sp³-hybridized carbons (Fsp3) is 0.357. The van der Waals surface area contributed by atoms with E-state index in [1.807, 2.05) is 4.90 Å². The van der Waals surface area contributed by atoms with Gasteiger partial charge in [0.15, 0.2) is 0 Å². The van der Waals surface area contributed by atoms with Gasteiger partial charge in [0.1, 0.15) is 23.5 Å². The molecule has 3 rings (SSSR count). The molecule has 1 aliphatic rings. The number of hydrogen-bond donors (Lipinski definition) is 1. The Morgan fingerprint density at radius 1 is 1.45 bits per heavy atom. The molecule has 0 bridgehead atoms. The summed E-state index contributed by atoms with van der Waals surface area (Å²) >= 11 is 0. The van der Waals surface area contributed by atoms with Crippen molar-refractivity contribution in [3.8, 4) is 0 Å². The van der Waals surface area contributed by atoms with Gasteiger partial charge in [-0.1, -0.05) is 6.07 Å². The number of fused-ring (bicyclic) bond motifs is 1. The average Bonchev–Trinajstić information content (AvgIpc) is 2.83. The second-order valence-corrected chi connectivity index (χ2v) is 5.37. The molecule has 1 aromatic carbocycles. The summed E-state index contributed by atoms with van der Waals surface area (Å²) < 4.78 is 13.7. The van der Waals surface area contributed by atoms with Crippen LogP contribution in [0.15, 0.2) is 24.5 Å². The first kappa shape index (κ1) is 12.8. The molecule has 1 aliphatic heterocycles. The van der Waals surface area contributed by atoms with Crippen molar-refractivity contribution >= 4 is 22.7 Å². The van der Waals surface area contributed by atoms with Gasteiger partial charge in [0.05, 0.1) is 5.41 Å². The molecular weight excluding hydrogens is 261 g/mol. The highest BCUT2D eigenvalue weighted by Crippen LogP contribution is 2.35. The van der Waals surface area contributed by atoms with Gasteiger partial charge in [-0.2, -0.15) is 0 Å². The summed E-state index contributed by atoms with van der Waals surface area (Å²) in [5.41, 5.74) is -0.522. The molecule has 0 saturated carbocycles. The van der Waals surface area contributed by atoms with Crippen LogP contribution in [-0.2, 0) is 4.79 Å². The van der Waals surface area contributed by atoms with Gasteiger partial charge < -0.3 is 10.0 Å². The van der Waals surface area contributed by atoms with E-state index in [1.165, 1.54) is 12.4 Å². The molecule has 0 spiro atoms. The molecule has 2 aromatic rings. The highest BCUT2D eigenvalue weighted by Gasteiger charge is 2.41. The number of aromatic nitrogens is 2. The second kappa shape index (κ2) is 4.40. The normalized spacial score (nSPS) is 22.4. The van der Waals surface area contributed by atoms with Crippen LogP contribution < -0.4 is 4.90 Å². The van der Waals surface area contributed by atoms with Crippen LogP contribution in [0.1, 0.15) is 13.3 Å². The largest absolute Gasteiger partial charge is 0.481 e. The minimum atomic E-state index is -0.815. The lowest BCUT2D eigenvalue weighted by molar-refractivity contribution is -0.146. The third kappa shape index (κ3) is 1.88. The van der Waals surface area contributed by atoms with Crippen LogP contribution in [0.25, 0.3) is 10.9 Å². The SMILES string of the molecule is CC1(C(=O)O)CCN(c2ncnc3c(F)cccc23)C1. The third-order valence-electron chi connectivity index (χ3n) is 3.88. The zero-order valence-corrected chi connectivity index (χ0v) is 11.0. The fourth-order valence-electron chi connectivity index (χ4n) is 2.61. The fourth-order valence-corrected chi connectivity index (χ4v) is 2.61. The lowest BCUT2D eigenvalue weighted by Crippen LogP contribution is -2.32. The Morgan fingerprint density at radius 3 is 2.95 bits per heavy atom. The number of para-hydroxylation sites is 1. The molecule has 1 N–H and O–H groups in total. The molecule has 1 fully saturated rings. The Kier molecular flexibility index (Phi) is 2.81. The number of hydrogen-bond acceptors (Lipinski definition) is 4. The van der Waals surface area contributed by atoms with Crippen LogP contribution in [0.3, 0.4) is 0 Å². The number of aliphatic carboxylic acids is 1. The van der Waals surface area contributed by atoms with Gasteiger partial charge in [-0.05, 0) is 25.5 Å². The molecule has 0 aliphatic carbocycles. The standard InChI is InChI=1S/C14H14FN3O2/c1-14(13(19)20)5-6-18(7-14)12-9-3-2-4-10(15)11(9)16-8-17-12/h2-4,8H,5-7H2,1H3,(H,19,20). The van der Waals surface area contributed by atoms with Gasteiger partial charge in [0.2, 0.25) is 0 Å². The van der Waals surface area contributed by atoms with Gasteiger partial charge in [-0.15, -0.1) is 0 Å². The maximum Gasteiger partial charge on any atom is 0.311 e. The van der Waals surface area contributed by atoms with E-state index in [0.717, 1.165) is 0 Å². The van der Waals surface area contributed by atoms with Crippen LogP contribution in [0.4, 0.5) is 10.2 Å². The smallest absolute Gasteiger partial charge is 0.311 e. The van der Waals surface area contributed by atoms with E-state index in [2.05, 4.69) is 9.97 Å². The second-order valence-electron chi connectivity index (χ2n) is 5.37. The van der Waals surface area contributed by atoms with E-state index < -0.39 is 17.2 Å². The van der Waals surface area contributed by atoms with Crippen molar-refractivity contribution in [2.24, 2.45) is 5.41 Å². The number of benzene rings is 1. The molecule has 5 nitrogen and oxygen atoms in total. The number of carboxylic acids is 1. The van der Waals surface area contributed by atoms with Crippen LogP contribution in [0, 0.1) is 11.2 Å². The topological polar surface area (TPSA) is 66.3 Å². The van der Waals surface area contributed by atoms with Crippen molar-refractivity contribution in [1.29, 1.82) is 0 Å². The van der Waals surface area contributed by atoms with E-state index in [-0.39, 0.29) is 5.52 Å². The lowest BCUT2D eigenvalue weighted by Gasteiger charge is -2.21. The highest BCUT2D eigenvalue weighted by atomic mass is 19.1. The van der Waals surface area contributed by atoms with Crippen LogP contribution in [0.5, 0.6) is 0 Å². The first-order chi connectivity index (χ1) is 9.51. The summed E-state index contributed by atoms with van der Waals surface area (Å²) in [5.74, 6) is -0.615. The molecule has 20 heavy (non-hydrogen) atoms. The molecule has 2 heterocycles. The van der Waals surface area contributed by atoms with Gasteiger partial charge in [-0.3, -0.25) is 4.79 Å². The Bertz CT molecular complexity index is 691. The molecule has 1 aromatic heterocycles. The summed E-state index contributed by atoms with van der Waals surface area (Å²) in [6, 6.07) is 4.71. The van der Waals surface area contributed by atoms with Gasteiger partial charge >= 0.3 is 5.97 Å². The zero-order valence-electron chi connectivity index (χ0n) is 11.0. The molecule has 6 heteroatoms. The zero-order chi connectivity index (χ0) is 14.3. The van der Waals surface area contributed by atoms with Crippen molar-refractivity contribution in [2.45, 2.75) is 13.3 Å². The first-order valence-electron chi connectivity index (χ1n) is 6.39. The minimum Gasteiger partial charge on any atom is -0.481 e. The molecule has 1 saturated heterocycles. The summed E-state index contributed by atoms with van der Waals surface area (Å²) in [5, 5.41) is 9.89. The van der Waals surface area contributed by atoms with Crippen LogP contribution >= 0.6 is 0 Å². The first-order valence-corrected chi connectivity index (χ1v) is 6.39. The summed E-state index contributed by atoms with van der Waals surface area (Å²) in [7, 11) is 0. The maximum absolute atomic E-state index is 13.7. The predicted molar refractivity (Wildman–Crippen MR) is 72.1 cm³/mol. The van der Waals surface area contributed by atoms with E-state index >= 15 is 0 Å². The van der Waals surface area contributed by atoms with Crippen molar-refractivity contribution in [3.63, 3.8) is 0 Å². The van der Waals surface area contributed by atoms with Gasteiger partial charge in [0, 0.05) is 18.5 Å². The number of carbonyl (C=O) groups is 1. The van der Waals surface area contributed by atoms with Crippen molar-refractivity contribution in [2.75, 3.05) is 18.0 Å². The highest BCUT2D eigenvalue weighted by molar-refractivity contribution is 5.90.